The Morgan fingerprint density at radius 2 is 0.707 bits per heavy atom. The van der Waals surface area contributed by atoms with Gasteiger partial charge in [0.1, 0.15) is 0 Å². The van der Waals surface area contributed by atoms with Gasteiger partial charge in [0.05, 0.1) is 50.1 Å². The van der Waals surface area contributed by atoms with Gasteiger partial charge in [-0.25, -0.2) is 15.0 Å². The van der Waals surface area contributed by atoms with Gasteiger partial charge in [-0.05, 0) is 121 Å². The molecule has 0 N–H and O–H groups in total. The van der Waals surface area contributed by atoms with Crippen LogP contribution in [0.5, 0.6) is 0 Å². The van der Waals surface area contributed by atoms with Gasteiger partial charge in [-0.15, -0.1) is 0 Å². The molecule has 0 aliphatic heterocycles. The number of aryl methyl sites for hydroxylation is 2. The van der Waals surface area contributed by atoms with Crippen molar-refractivity contribution >= 4 is 43.6 Å². The smallest absolute Gasteiger partial charge is 0.309 e. The molecule has 0 saturated heterocycles. The Labute approximate surface area is 462 Å². The topological polar surface area (TPSA) is 48.5 Å². The van der Waals surface area contributed by atoms with Crippen molar-refractivity contribution in [3.05, 3.63) is 246 Å². The third kappa shape index (κ3) is 9.29. The Morgan fingerprint density at radius 1 is 0.280 bits per heavy atom. The average molecular weight is 1100 g/mol. The molecule has 0 saturated carbocycles. The molecule has 0 unspecified atom stereocenters. The molecule has 0 atom stereocenters. The largest absolute Gasteiger partial charge is 0.416 e. The molecule has 0 amide bonds. The minimum Gasteiger partial charge on any atom is -0.309 e. The maximum atomic E-state index is 15.3. The number of alkyl halides is 9. The van der Waals surface area contributed by atoms with Crippen molar-refractivity contribution in [3.8, 4) is 78.9 Å². The highest BCUT2D eigenvalue weighted by molar-refractivity contribution is 6.13. The fraction of sp³-hybridized carbons (Fsp3) is 0.0735. The molecule has 0 fully saturated rings. The number of para-hydroxylation sites is 2. The molecule has 0 bridgehead atoms. The maximum absolute atomic E-state index is 15.3. The lowest BCUT2D eigenvalue weighted by molar-refractivity contribution is -0.143. The number of benzene rings is 10. The van der Waals surface area contributed by atoms with Crippen molar-refractivity contribution < 1.29 is 39.5 Å². The Hall–Kier alpha value is -9.82. The van der Waals surface area contributed by atoms with Crippen LogP contribution in [0.4, 0.5) is 39.5 Å². The minimum atomic E-state index is -5.10. The molecule has 14 heteroatoms. The summed E-state index contributed by atoms with van der Waals surface area (Å²) in [7, 11) is 0. The molecule has 0 aliphatic carbocycles. The second kappa shape index (κ2) is 19.5. The van der Waals surface area contributed by atoms with Gasteiger partial charge in [-0.3, -0.25) is 0 Å². The Morgan fingerprint density at radius 3 is 1.21 bits per heavy atom. The van der Waals surface area contributed by atoms with Crippen LogP contribution >= 0.6 is 0 Å². The summed E-state index contributed by atoms with van der Waals surface area (Å²) >= 11 is 0. The van der Waals surface area contributed by atoms with Gasteiger partial charge in [0.15, 0.2) is 17.5 Å². The molecule has 13 rings (SSSR count). The van der Waals surface area contributed by atoms with E-state index >= 15 is 13.2 Å². The molecule has 5 nitrogen and oxygen atoms in total. The molecule has 10 aromatic carbocycles. The second-order valence-electron chi connectivity index (χ2n) is 20.3. The van der Waals surface area contributed by atoms with Crippen LogP contribution < -0.4 is 0 Å². The van der Waals surface area contributed by atoms with Crippen LogP contribution in [0.15, 0.2) is 218 Å². The Kier molecular flexibility index (Phi) is 12.3. The summed E-state index contributed by atoms with van der Waals surface area (Å²) in [6.45, 7) is 4.10. The first-order valence-corrected chi connectivity index (χ1v) is 26.0. The number of fused-ring (bicyclic) bond motifs is 6. The second-order valence-corrected chi connectivity index (χ2v) is 20.3. The maximum Gasteiger partial charge on any atom is 0.416 e. The lowest BCUT2D eigenvalue weighted by Crippen LogP contribution is -2.11. The van der Waals surface area contributed by atoms with E-state index in [9.17, 15) is 26.3 Å². The molecule has 13 aromatic rings. The molecule has 3 heterocycles. The Bertz CT molecular complexity index is 4560. The number of hydrogen-bond acceptors (Lipinski definition) is 3. The van der Waals surface area contributed by atoms with Crippen molar-refractivity contribution in [2.24, 2.45) is 0 Å². The van der Waals surface area contributed by atoms with Gasteiger partial charge in [-0.2, -0.15) is 39.5 Å². The van der Waals surface area contributed by atoms with E-state index in [2.05, 4.69) is 48.7 Å². The van der Waals surface area contributed by atoms with Gasteiger partial charge >= 0.3 is 18.5 Å². The number of nitrogens with zero attached hydrogens (tertiary/aromatic N) is 5. The predicted molar refractivity (Wildman–Crippen MR) is 306 cm³/mol. The van der Waals surface area contributed by atoms with E-state index in [0.717, 1.165) is 67.3 Å². The van der Waals surface area contributed by atoms with Gasteiger partial charge in [0.25, 0.3) is 0 Å². The monoisotopic (exact) mass is 1100 g/mol. The van der Waals surface area contributed by atoms with Crippen molar-refractivity contribution in [1.82, 2.24) is 24.1 Å². The fourth-order valence-corrected chi connectivity index (χ4v) is 11.2. The van der Waals surface area contributed by atoms with Crippen LogP contribution in [0.1, 0.15) is 27.8 Å². The van der Waals surface area contributed by atoms with Crippen molar-refractivity contribution in [2.45, 2.75) is 32.4 Å². The minimum absolute atomic E-state index is 0.0282. The quantitative estimate of drug-likeness (QED) is 0.143. The van der Waals surface area contributed by atoms with E-state index in [1.54, 1.807) is 28.8 Å². The average Bonchev–Trinajstić information content (AvgIpc) is 4.21. The van der Waals surface area contributed by atoms with Gasteiger partial charge in [-0.1, -0.05) is 145 Å². The van der Waals surface area contributed by atoms with Crippen molar-refractivity contribution in [2.75, 3.05) is 0 Å². The molecule has 82 heavy (non-hydrogen) atoms. The first-order valence-electron chi connectivity index (χ1n) is 26.0. The predicted octanol–water partition coefficient (Wildman–Crippen LogP) is 19.7. The normalized spacial score (nSPS) is 12.3. The summed E-state index contributed by atoms with van der Waals surface area (Å²) in [5, 5.41) is 2.69. The summed E-state index contributed by atoms with van der Waals surface area (Å²) in [5.74, 6) is 1.05. The molecule has 0 aliphatic rings. The number of rotatable bonds is 8. The zero-order valence-corrected chi connectivity index (χ0v) is 43.4. The van der Waals surface area contributed by atoms with E-state index in [0.29, 0.717) is 68.0 Å². The van der Waals surface area contributed by atoms with Crippen LogP contribution in [0.25, 0.3) is 123 Å². The first-order chi connectivity index (χ1) is 39.3. The van der Waals surface area contributed by atoms with Crippen molar-refractivity contribution in [1.29, 1.82) is 0 Å². The zero-order valence-electron chi connectivity index (χ0n) is 43.4. The highest BCUT2D eigenvalue weighted by Crippen LogP contribution is 2.46. The van der Waals surface area contributed by atoms with Crippen LogP contribution in [0, 0.1) is 13.8 Å². The molecule has 402 valence electrons. The number of hydrogen-bond donors (Lipinski definition) is 0. The van der Waals surface area contributed by atoms with E-state index in [1.165, 1.54) is 24.3 Å². The number of aromatic nitrogens is 5. The molecule has 3 aromatic heterocycles. The summed E-state index contributed by atoms with van der Waals surface area (Å²) in [6.07, 6.45) is -15.0. The van der Waals surface area contributed by atoms with E-state index in [1.807, 2.05) is 109 Å². The highest BCUT2D eigenvalue weighted by atomic mass is 19.4. The van der Waals surface area contributed by atoms with Gasteiger partial charge in [0, 0.05) is 49.4 Å². The highest BCUT2D eigenvalue weighted by Gasteiger charge is 2.38. The summed E-state index contributed by atoms with van der Waals surface area (Å²) in [6, 6.07) is 61.1. The summed E-state index contributed by atoms with van der Waals surface area (Å²) in [5.41, 5.74) is 5.77. The van der Waals surface area contributed by atoms with E-state index < -0.39 is 35.2 Å². The number of halogens is 9. The Balaban J connectivity index is 1.10. The first kappa shape index (κ1) is 51.6. The lowest BCUT2D eigenvalue weighted by Gasteiger charge is -2.21. The zero-order chi connectivity index (χ0) is 56.8. The van der Waals surface area contributed by atoms with Crippen LogP contribution in [0.2, 0.25) is 0 Å². The van der Waals surface area contributed by atoms with E-state index in [-0.39, 0.29) is 28.7 Å². The van der Waals surface area contributed by atoms with Gasteiger partial charge < -0.3 is 9.13 Å². The van der Waals surface area contributed by atoms with Crippen LogP contribution in [0.3, 0.4) is 0 Å². The standard InChI is InChI=1S/C68H42F9N5/c1-39-29-40(2)31-46(30-39)43-21-26-59-54(34-43)51-17-9-11-19-57(51)81(59)60-28-23-45(65-79-63(41-13-5-3-6-14-41)78-64(80-65)42-15-7-4-8-16-42)36-56(60)53-25-24-48(66(69,70)71)38-62(53)82-58-20-12-10-18-52(58)55-35-44(22-27-61(55)82)47-32-49(67(72,73)74)37-50(33-47)68(75,76)77/h3-38H,1-2H3. The van der Waals surface area contributed by atoms with Crippen LogP contribution in [-0.4, -0.2) is 24.1 Å². The lowest BCUT2D eigenvalue weighted by atomic mass is 9.96. The molecular weight excluding hydrogens is 1060 g/mol. The summed E-state index contributed by atoms with van der Waals surface area (Å²) in [4.78, 5) is 15.0. The van der Waals surface area contributed by atoms with Crippen molar-refractivity contribution in [3.63, 3.8) is 0 Å². The summed E-state index contributed by atoms with van der Waals surface area (Å²) < 4.78 is 135. The molecular formula is C68H42F9N5. The fourth-order valence-electron chi connectivity index (χ4n) is 11.2. The third-order valence-electron chi connectivity index (χ3n) is 14.9. The molecule has 0 spiro atoms. The van der Waals surface area contributed by atoms with E-state index in [4.69, 9.17) is 15.0 Å². The third-order valence-corrected chi connectivity index (χ3v) is 14.9. The van der Waals surface area contributed by atoms with Crippen LogP contribution in [-0.2, 0) is 18.5 Å². The van der Waals surface area contributed by atoms with Gasteiger partial charge in [0.2, 0.25) is 0 Å². The SMILES string of the molecule is Cc1cc(C)cc(-c2ccc3c(c2)c2ccccc2n3-c2ccc(-c3nc(-c4ccccc4)nc(-c4ccccc4)n3)cc2-c2ccc(C(F)(F)F)cc2-n2c3ccccc3c3cc(-c4cc(C(F)(F)F)cc(C(F)(F)F)c4)ccc32)c1. The molecule has 0 radical (unpaired) electrons.